The molecule has 0 spiro atoms. The Morgan fingerprint density at radius 2 is 1.89 bits per heavy atom. The lowest BCUT2D eigenvalue weighted by molar-refractivity contribution is -0.138. The zero-order valence-electron chi connectivity index (χ0n) is 9.27. The standard InChI is InChI=1S/C11H11FN2O4/c12-8-3-1-2-7(6-8)11(18)14-13-9(15)4-5-10(16)17/h1-3,6H,4-5H2,(H,13,15)(H,14,18)(H,16,17). The van der Waals surface area contributed by atoms with Gasteiger partial charge in [0.05, 0.1) is 6.42 Å². The van der Waals surface area contributed by atoms with Gasteiger partial charge in [0.2, 0.25) is 5.91 Å². The number of carboxylic acid groups (broad SMARTS) is 1. The number of hydrogen-bond acceptors (Lipinski definition) is 3. The number of aliphatic carboxylic acids is 1. The molecule has 6 nitrogen and oxygen atoms in total. The maximum Gasteiger partial charge on any atom is 0.303 e. The smallest absolute Gasteiger partial charge is 0.303 e. The van der Waals surface area contributed by atoms with E-state index in [-0.39, 0.29) is 18.4 Å². The largest absolute Gasteiger partial charge is 0.481 e. The zero-order valence-corrected chi connectivity index (χ0v) is 9.27. The van der Waals surface area contributed by atoms with Crippen molar-refractivity contribution >= 4 is 17.8 Å². The summed E-state index contributed by atoms with van der Waals surface area (Å²) in [4.78, 5) is 32.7. The van der Waals surface area contributed by atoms with Crippen LogP contribution in [0.1, 0.15) is 23.2 Å². The molecule has 0 saturated carbocycles. The lowest BCUT2D eigenvalue weighted by Gasteiger charge is -2.06. The van der Waals surface area contributed by atoms with E-state index >= 15 is 0 Å². The number of halogens is 1. The summed E-state index contributed by atoms with van der Waals surface area (Å²) in [5.74, 6) is -3.00. The Balaban J connectivity index is 2.42. The van der Waals surface area contributed by atoms with Crippen molar-refractivity contribution in [2.75, 3.05) is 0 Å². The maximum absolute atomic E-state index is 12.8. The van der Waals surface area contributed by atoms with Crippen LogP contribution in [0.5, 0.6) is 0 Å². The van der Waals surface area contributed by atoms with Crippen molar-refractivity contribution in [2.24, 2.45) is 0 Å². The molecule has 0 aliphatic carbocycles. The molecule has 0 atom stereocenters. The number of amides is 2. The van der Waals surface area contributed by atoms with E-state index in [1.807, 2.05) is 5.43 Å². The zero-order chi connectivity index (χ0) is 13.5. The molecule has 0 bridgehead atoms. The van der Waals surface area contributed by atoms with Crippen LogP contribution in [-0.4, -0.2) is 22.9 Å². The first-order valence-corrected chi connectivity index (χ1v) is 5.05. The van der Waals surface area contributed by atoms with Gasteiger partial charge in [-0.3, -0.25) is 25.2 Å². The molecule has 3 N–H and O–H groups in total. The molecule has 0 aromatic heterocycles. The molecule has 0 heterocycles. The van der Waals surface area contributed by atoms with Gasteiger partial charge in [-0.15, -0.1) is 0 Å². The predicted molar refractivity (Wildman–Crippen MR) is 58.9 cm³/mol. The summed E-state index contributed by atoms with van der Waals surface area (Å²) in [7, 11) is 0. The number of carbonyl (C=O) groups excluding carboxylic acids is 2. The molecule has 18 heavy (non-hydrogen) atoms. The van der Waals surface area contributed by atoms with E-state index in [4.69, 9.17) is 5.11 Å². The molecule has 0 fully saturated rings. The lowest BCUT2D eigenvalue weighted by atomic mass is 10.2. The highest BCUT2D eigenvalue weighted by atomic mass is 19.1. The number of hydrogen-bond donors (Lipinski definition) is 3. The van der Waals surface area contributed by atoms with Crippen molar-refractivity contribution in [2.45, 2.75) is 12.8 Å². The van der Waals surface area contributed by atoms with Crippen LogP contribution in [0.4, 0.5) is 4.39 Å². The Hall–Kier alpha value is -2.44. The summed E-state index contributed by atoms with van der Waals surface area (Å²) < 4.78 is 12.8. The third-order valence-electron chi connectivity index (χ3n) is 1.97. The van der Waals surface area contributed by atoms with E-state index in [9.17, 15) is 18.8 Å². The predicted octanol–water partition coefficient (Wildman–Crippen LogP) is 0.452. The van der Waals surface area contributed by atoms with Gasteiger partial charge in [-0.25, -0.2) is 4.39 Å². The van der Waals surface area contributed by atoms with Crippen molar-refractivity contribution in [1.82, 2.24) is 10.9 Å². The Morgan fingerprint density at radius 3 is 2.50 bits per heavy atom. The lowest BCUT2D eigenvalue weighted by Crippen LogP contribution is -2.41. The van der Waals surface area contributed by atoms with Gasteiger partial charge in [0, 0.05) is 12.0 Å². The molecule has 0 saturated heterocycles. The number of carboxylic acids is 1. The maximum atomic E-state index is 12.8. The Morgan fingerprint density at radius 1 is 1.17 bits per heavy atom. The quantitative estimate of drug-likeness (QED) is 0.680. The number of carbonyl (C=O) groups is 3. The van der Waals surface area contributed by atoms with Crippen LogP contribution in [0.3, 0.4) is 0 Å². The van der Waals surface area contributed by atoms with Gasteiger partial charge in [-0.05, 0) is 18.2 Å². The number of benzene rings is 1. The fourth-order valence-corrected chi connectivity index (χ4v) is 1.11. The van der Waals surface area contributed by atoms with Gasteiger partial charge in [0.15, 0.2) is 0 Å². The van der Waals surface area contributed by atoms with Crippen LogP contribution in [0.15, 0.2) is 24.3 Å². The number of nitrogens with one attached hydrogen (secondary N) is 2. The van der Waals surface area contributed by atoms with Gasteiger partial charge in [-0.2, -0.15) is 0 Å². The topological polar surface area (TPSA) is 95.5 Å². The van der Waals surface area contributed by atoms with Crippen molar-refractivity contribution < 1.29 is 23.9 Å². The minimum Gasteiger partial charge on any atom is -0.481 e. The Labute approximate surface area is 102 Å². The van der Waals surface area contributed by atoms with Gasteiger partial charge in [0.1, 0.15) is 5.82 Å². The molecule has 0 aliphatic rings. The van der Waals surface area contributed by atoms with E-state index in [0.29, 0.717) is 0 Å². The van der Waals surface area contributed by atoms with Crippen LogP contribution >= 0.6 is 0 Å². The average Bonchev–Trinajstić information content (AvgIpc) is 2.33. The molecule has 96 valence electrons. The van der Waals surface area contributed by atoms with Gasteiger partial charge < -0.3 is 5.11 Å². The molecule has 0 aliphatic heterocycles. The van der Waals surface area contributed by atoms with E-state index in [0.717, 1.165) is 6.07 Å². The van der Waals surface area contributed by atoms with Crippen LogP contribution in [0.25, 0.3) is 0 Å². The van der Waals surface area contributed by atoms with Crippen molar-refractivity contribution in [3.8, 4) is 0 Å². The molecule has 0 unspecified atom stereocenters. The minimum atomic E-state index is -1.11. The van der Waals surface area contributed by atoms with Crippen molar-refractivity contribution in [1.29, 1.82) is 0 Å². The summed E-state index contributed by atoms with van der Waals surface area (Å²) in [5.41, 5.74) is 4.13. The van der Waals surface area contributed by atoms with Gasteiger partial charge in [0.25, 0.3) is 5.91 Å². The summed E-state index contributed by atoms with van der Waals surface area (Å²) in [6, 6.07) is 4.93. The van der Waals surface area contributed by atoms with E-state index in [2.05, 4.69) is 5.43 Å². The Bertz CT molecular complexity index is 476. The second kappa shape index (κ2) is 6.33. The van der Waals surface area contributed by atoms with Crippen molar-refractivity contribution in [3.63, 3.8) is 0 Å². The first kappa shape index (κ1) is 13.6. The average molecular weight is 254 g/mol. The molecular formula is C11H11FN2O4. The summed E-state index contributed by atoms with van der Waals surface area (Å²) >= 11 is 0. The normalized spacial score (nSPS) is 9.61. The van der Waals surface area contributed by atoms with E-state index in [1.54, 1.807) is 0 Å². The highest BCUT2D eigenvalue weighted by molar-refractivity contribution is 5.95. The number of hydrazine groups is 1. The summed E-state index contributed by atoms with van der Waals surface area (Å²) in [5, 5.41) is 8.34. The molecule has 0 radical (unpaired) electrons. The highest BCUT2D eigenvalue weighted by Crippen LogP contribution is 2.02. The first-order chi connectivity index (χ1) is 8.49. The number of rotatable bonds is 4. The van der Waals surface area contributed by atoms with Crippen molar-refractivity contribution in [3.05, 3.63) is 35.6 Å². The second-order valence-corrected chi connectivity index (χ2v) is 3.41. The molecule has 1 aromatic rings. The van der Waals surface area contributed by atoms with Crippen LogP contribution in [-0.2, 0) is 9.59 Å². The SMILES string of the molecule is O=C(O)CCC(=O)NNC(=O)c1cccc(F)c1. The Kier molecular flexibility index (Phi) is 4.79. The molecule has 1 rings (SSSR count). The molecule has 1 aromatic carbocycles. The third kappa shape index (κ3) is 4.60. The van der Waals surface area contributed by atoms with Crippen LogP contribution in [0, 0.1) is 5.82 Å². The molecule has 7 heteroatoms. The fourth-order valence-electron chi connectivity index (χ4n) is 1.11. The third-order valence-corrected chi connectivity index (χ3v) is 1.97. The molecule has 2 amide bonds. The first-order valence-electron chi connectivity index (χ1n) is 5.05. The van der Waals surface area contributed by atoms with Crippen LogP contribution < -0.4 is 10.9 Å². The van der Waals surface area contributed by atoms with E-state index in [1.165, 1.54) is 18.2 Å². The fraction of sp³-hybridized carbons (Fsp3) is 0.182. The monoisotopic (exact) mass is 254 g/mol. The van der Waals surface area contributed by atoms with Crippen LogP contribution in [0.2, 0.25) is 0 Å². The van der Waals surface area contributed by atoms with Gasteiger partial charge in [-0.1, -0.05) is 6.07 Å². The summed E-state index contributed by atoms with van der Waals surface area (Å²) in [6.45, 7) is 0. The second-order valence-electron chi connectivity index (χ2n) is 3.41. The molecular weight excluding hydrogens is 243 g/mol. The van der Waals surface area contributed by atoms with E-state index < -0.39 is 23.6 Å². The van der Waals surface area contributed by atoms with Gasteiger partial charge >= 0.3 is 5.97 Å². The highest BCUT2D eigenvalue weighted by Gasteiger charge is 2.09. The summed E-state index contributed by atoms with van der Waals surface area (Å²) in [6.07, 6.45) is -0.583. The minimum absolute atomic E-state index is 0.0496.